The summed E-state index contributed by atoms with van der Waals surface area (Å²) in [7, 11) is 1.54. The average Bonchev–Trinajstić information content (AvgIpc) is 2.65. The molecule has 0 aliphatic heterocycles. The summed E-state index contributed by atoms with van der Waals surface area (Å²) in [5.41, 5.74) is -0.732. The number of fused-ring (bicyclic) bond motifs is 1. The Morgan fingerprint density at radius 3 is 2.82 bits per heavy atom. The molecule has 1 heterocycles. The number of rotatable bonds is 6. The number of thioether (sulfide) groups is 1. The molecule has 1 N–H and O–H groups in total. The van der Waals surface area contributed by atoms with Gasteiger partial charge in [-0.25, -0.2) is 4.39 Å². The van der Waals surface area contributed by atoms with Crippen LogP contribution in [0.1, 0.15) is 19.4 Å². The van der Waals surface area contributed by atoms with Gasteiger partial charge in [0.1, 0.15) is 6.61 Å². The third-order valence-electron chi connectivity index (χ3n) is 3.62. The first-order valence-electron chi connectivity index (χ1n) is 8.36. The molecular formula is C21H21FN2O3S. The van der Waals surface area contributed by atoms with Gasteiger partial charge >= 0.3 is 0 Å². The van der Waals surface area contributed by atoms with Gasteiger partial charge in [0, 0.05) is 30.3 Å². The van der Waals surface area contributed by atoms with Crippen molar-refractivity contribution in [2.75, 3.05) is 20.0 Å². The van der Waals surface area contributed by atoms with Gasteiger partial charge in [0.05, 0.1) is 11.1 Å². The predicted molar refractivity (Wildman–Crippen MR) is 109 cm³/mol. The van der Waals surface area contributed by atoms with Crippen LogP contribution in [-0.4, -0.2) is 41.8 Å². The van der Waals surface area contributed by atoms with Crippen LogP contribution in [-0.2, 0) is 9.53 Å². The molecule has 0 fully saturated rings. The molecule has 0 saturated carbocycles. The molecule has 0 aliphatic carbocycles. The monoisotopic (exact) mass is 400 g/mol. The molecule has 0 aliphatic rings. The third-order valence-corrected chi connectivity index (χ3v) is 4.36. The van der Waals surface area contributed by atoms with Crippen molar-refractivity contribution in [2.45, 2.75) is 24.8 Å². The summed E-state index contributed by atoms with van der Waals surface area (Å²) in [5, 5.41) is 3.41. The Labute approximate surface area is 168 Å². The molecule has 1 aromatic heterocycles. The van der Waals surface area contributed by atoms with Gasteiger partial charge < -0.3 is 14.8 Å². The van der Waals surface area contributed by atoms with E-state index in [1.54, 1.807) is 26.2 Å². The second kappa shape index (κ2) is 9.45. The van der Waals surface area contributed by atoms with Crippen LogP contribution in [0, 0.1) is 30.0 Å². The van der Waals surface area contributed by atoms with Crippen LogP contribution in [0.4, 0.5) is 4.39 Å². The molecule has 1 atom stereocenters. The Morgan fingerprint density at radius 2 is 2.18 bits per heavy atom. The van der Waals surface area contributed by atoms with E-state index < -0.39 is 22.7 Å². The SMILES string of the molecule is C#Cc1cnc2cc(F)c(OC(SC)C(=O)NC(C)(C)C#CCOC)cc2c1. The molecule has 1 aromatic carbocycles. The Hall–Kier alpha value is -2.74. The number of nitrogens with zero attached hydrogens (tertiary/aromatic N) is 1. The van der Waals surface area contributed by atoms with Gasteiger partial charge in [-0.1, -0.05) is 17.8 Å². The molecule has 146 valence electrons. The minimum atomic E-state index is -0.959. The lowest BCUT2D eigenvalue weighted by Crippen LogP contribution is -2.47. The highest BCUT2D eigenvalue weighted by atomic mass is 32.2. The molecule has 5 nitrogen and oxygen atoms in total. The number of halogens is 1. The highest BCUT2D eigenvalue weighted by Crippen LogP contribution is 2.27. The number of carbonyl (C=O) groups is 1. The maximum Gasteiger partial charge on any atom is 0.272 e. The van der Waals surface area contributed by atoms with Crippen molar-refractivity contribution >= 4 is 28.6 Å². The van der Waals surface area contributed by atoms with Crippen molar-refractivity contribution < 1.29 is 18.7 Å². The van der Waals surface area contributed by atoms with Gasteiger partial charge in [-0.3, -0.25) is 9.78 Å². The topological polar surface area (TPSA) is 60.5 Å². The normalized spacial score (nSPS) is 11.9. The number of carbonyl (C=O) groups excluding carboxylic acids is 1. The van der Waals surface area contributed by atoms with E-state index in [2.05, 4.69) is 28.1 Å². The van der Waals surface area contributed by atoms with Crippen LogP contribution in [0.5, 0.6) is 5.75 Å². The van der Waals surface area contributed by atoms with E-state index in [9.17, 15) is 9.18 Å². The number of amides is 1. The molecule has 2 rings (SSSR count). The van der Waals surface area contributed by atoms with Crippen molar-refractivity contribution in [1.82, 2.24) is 10.3 Å². The Kier molecular flexibility index (Phi) is 7.28. The second-order valence-corrected chi connectivity index (χ2v) is 7.28. The van der Waals surface area contributed by atoms with Crippen molar-refractivity contribution in [2.24, 2.45) is 0 Å². The number of nitrogens with one attached hydrogen (secondary N) is 1. The maximum atomic E-state index is 14.4. The first-order valence-corrected chi connectivity index (χ1v) is 9.65. The van der Waals surface area contributed by atoms with E-state index in [1.807, 2.05) is 0 Å². The molecule has 0 saturated heterocycles. The van der Waals surface area contributed by atoms with Gasteiger partial charge in [-0.15, -0.1) is 18.2 Å². The third kappa shape index (κ3) is 5.63. The number of aromatic nitrogens is 1. The predicted octanol–water partition coefficient (Wildman–Crippen LogP) is 2.97. The summed E-state index contributed by atoms with van der Waals surface area (Å²) in [6.45, 7) is 3.78. The van der Waals surface area contributed by atoms with Gasteiger partial charge in [-0.05, 0) is 32.2 Å². The van der Waals surface area contributed by atoms with Crippen LogP contribution in [0.2, 0.25) is 0 Å². The van der Waals surface area contributed by atoms with E-state index >= 15 is 0 Å². The smallest absolute Gasteiger partial charge is 0.272 e. The highest BCUT2D eigenvalue weighted by molar-refractivity contribution is 7.99. The average molecular weight is 400 g/mol. The van der Waals surface area contributed by atoms with Crippen LogP contribution in [0.25, 0.3) is 10.9 Å². The fourth-order valence-corrected chi connectivity index (χ4v) is 2.82. The standard InChI is InChI=1S/C21H21FN2O3S/c1-6-14-10-15-11-18(16(22)12-17(15)23-13-14)27-20(28-5)19(25)24-21(2,3)8-7-9-26-4/h1,10-13,20H,9H2,2-5H3,(H,24,25). The van der Waals surface area contributed by atoms with Crippen molar-refractivity contribution in [3.05, 3.63) is 35.8 Å². The first-order chi connectivity index (χ1) is 13.3. The summed E-state index contributed by atoms with van der Waals surface area (Å²) < 4.78 is 24.9. The summed E-state index contributed by atoms with van der Waals surface area (Å²) in [5.74, 6) is 7.12. The van der Waals surface area contributed by atoms with Gasteiger partial charge in [0.2, 0.25) is 5.44 Å². The molecular weight excluding hydrogens is 379 g/mol. The second-order valence-electron chi connectivity index (χ2n) is 6.38. The Morgan fingerprint density at radius 1 is 1.43 bits per heavy atom. The number of hydrogen-bond donors (Lipinski definition) is 1. The van der Waals surface area contributed by atoms with Crippen LogP contribution < -0.4 is 10.1 Å². The molecule has 7 heteroatoms. The van der Waals surface area contributed by atoms with Gasteiger partial charge in [-0.2, -0.15) is 0 Å². The van der Waals surface area contributed by atoms with E-state index in [4.69, 9.17) is 15.9 Å². The zero-order valence-electron chi connectivity index (χ0n) is 16.1. The summed E-state index contributed by atoms with van der Waals surface area (Å²) in [4.78, 5) is 16.7. The molecule has 0 radical (unpaired) electrons. The fourth-order valence-electron chi connectivity index (χ4n) is 2.35. The molecule has 1 unspecified atom stereocenters. The van der Waals surface area contributed by atoms with Gasteiger partial charge in [0.15, 0.2) is 11.6 Å². The number of ether oxygens (including phenoxy) is 2. The minimum absolute atomic E-state index is 0.0544. The Balaban J connectivity index is 2.22. The van der Waals surface area contributed by atoms with Crippen LogP contribution >= 0.6 is 11.8 Å². The lowest BCUT2D eigenvalue weighted by Gasteiger charge is -2.24. The van der Waals surface area contributed by atoms with Crippen molar-refractivity contribution in [1.29, 1.82) is 0 Å². The van der Waals surface area contributed by atoms with E-state index in [0.29, 0.717) is 16.5 Å². The van der Waals surface area contributed by atoms with Crippen molar-refractivity contribution in [3.63, 3.8) is 0 Å². The number of methoxy groups -OCH3 is 1. The lowest BCUT2D eigenvalue weighted by molar-refractivity contribution is -0.125. The quantitative estimate of drug-likeness (QED) is 0.597. The summed E-state index contributed by atoms with van der Waals surface area (Å²) >= 11 is 1.14. The lowest BCUT2D eigenvalue weighted by atomic mass is 10.1. The van der Waals surface area contributed by atoms with Crippen LogP contribution in [0.15, 0.2) is 24.4 Å². The largest absolute Gasteiger partial charge is 0.467 e. The molecule has 1 amide bonds. The van der Waals surface area contributed by atoms with Crippen LogP contribution in [0.3, 0.4) is 0 Å². The Bertz CT molecular complexity index is 973. The number of hydrogen-bond acceptors (Lipinski definition) is 5. The molecule has 0 bridgehead atoms. The van der Waals surface area contributed by atoms with E-state index in [0.717, 1.165) is 11.8 Å². The van der Waals surface area contributed by atoms with Crippen molar-refractivity contribution in [3.8, 4) is 29.9 Å². The maximum absolute atomic E-state index is 14.4. The minimum Gasteiger partial charge on any atom is -0.467 e. The van der Waals surface area contributed by atoms with E-state index in [1.165, 1.54) is 25.4 Å². The zero-order chi connectivity index (χ0) is 20.7. The zero-order valence-corrected chi connectivity index (χ0v) is 16.9. The molecule has 0 spiro atoms. The highest BCUT2D eigenvalue weighted by Gasteiger charge is 2.26. The van der Waals surface area contributed by atoms with Gasteiger partial charge in [0.25, 0.3) is 5.91 Å². The number of pyridine rings is 1. The fraction of sp³-hybridized carbons (Fsp3) is 0.333. The first kappa shape index (κ1) is 21.6. The number of terminal acetylenes is 1. The number of benzene rings is 1. The van der Waals surface area contributed by atoms with E-state index in [-0.39, 0.29) is 12.4 Å². The molecule has 2 aromatic rings. The molecule has 28 heavy (non-hydrogen) atoms. The summed E-state index contributed by atoms with van der Waals surface area (Å²) in [6.07, 6.45) is 8.58. The summed E-state index contributed by atoms with van der Waals surface area (Å²) in [6, 6.07) is 4.44.